The SMILES string of the molecule is COCCCP(C)c1c(-c2cc(C)cc(-c3cc(C(C)(C)C)cc(C(C)(C)C)c3)c2O)cc(C)cc1-c1cc(C)cc(-c2cc(C(C)(C)C)cc(C(C)(C)C)c2)c1O. The Balaban J connectivity index is 1.85. The van der Waals surface area contributed by atoms with Gasteiger partial charge in [-0.2, -0.15) is 0 Å². The fraction of sp³-hybridized carbons (Fsp3) is 0.444. The van der Waals surface area contributed by atoms with Crippen molar-refractivity contribution in [2.24, 2.45) is 0 Å². The molecule has 0 amide bonds. The number of rotatable bonds is 9. The van der Waals surface area contributed by atoms with Crippen LogP contribution in [0.1, 0.15) is 128 Å². The average molecular weight is 799 g/mol. The molecular weight excluding hydrogens is 728 g/mol. The minimum Gasteiger partial charge on any atom is -0.507 e. The van der Waals surface area contributed by atoms with E-state index in [0.29, 0.717) is 6.61 Å². The molecule has 0 saturated heterocycles. The number of phenols is 2. The average Bonchev–Trinajstić information content (AvgIpc) is 3.11. The van der Waals surface area contributed by atoms with Crippen LogP contribution >= 0.6 is 7.92 Å². The Bertz CT molecular complexity index is 2080. The highest BCUT2D eigenvalue weighted by atomic mass is 31.1. The van der Waals surface area contributed by atoms with Crippen LogP contribution in [0.15, 0.2) is 72.8 Å². The Labute approximate surface area is 353 Å². The van der Waals surface area contributed by atoms with Crippen molar-refractivity contribution in [2.45, 2.75) is 132 Å². The second-order valence-electron chi connectivity index (χ2n) is 21.0. The summed E-state index contributed by atoms with van der Waals surface area (Å²) < 4.78 is 5.54. The number of hydrogen-bond donors (Lipinski definition) is 2. The molecule has 5 aromatic carbocycles. The molecule has 58 heavy (non-hydrogen) atoms. The molecule has 1 unspecified atom stereocenters. The van der Waals surface area contributed by atoms with E-state index in [9.17, 15) is 10.2 Å². The largest absolute Gasteiger partial charge is 0.507 e. The number of phenolic OH excluding ortho intramolecular Hbond substituents is 2. The van der Waals surface area contributed by atoms with Crippen LogP contribution in [-0.4, -0.2) is 36.8 Å². The van der Waals surface area contributed by atoms with Gasteiger partial charge in [-0.25, -0.2) is 0 Å². The Morgan fingerprint density at radius 1 is 0.448 bits per heavy atom. The van der Waals surface area contributed by atoms with Crippen LogP contribution in [0.3, 0.4) is 0 Å². The zero-order chi connectivity index (χ0) is 43.3. The van der Waals surface area contributed by atoms with Gasteiger partial charge >= 0.3 is 0 Å². The first-order valence-corrected chi connectivity index (χ1v) is 23.0. The Morgan fingerprint density at radius 2 is 0.741 bits per heavy atom. The fourth-order valence-electron chi connectivity index (χ4n) is 7.87. The minimum atomic E-state index is -0.745. The number of hydrogen-bond acceptors (Lipinski definition) is 3. The summed E-state index contributed by atoms with van der Waals surface area (Å²) in [5, 5.41) is 26.4. The number of methoxy groups -OCH3 is 1. The molecule has 0 heterocycles. The third-order valence-corrected chi connectivity index (χ3v) is 13.8. The molecular formula is C54H71O3P. The van der Waals surface area contributed by atoms with Gasteiger partial charge < -0.3 is 14.9 Å². The first-order valence-electron chi connectivity index (χ1n) is 21.1. The maximum atomic E-state index is 12.6. The molecule has 0 aliphatic rings. The van der Waals surface area contributed by atoms with Gasteiger partial charge in [0.25, 0.3) is 0 Å². The van der Waals surface area contributed by atoms with Gasteiger partial charge in [0.05, 0.1) is 0 Å². The summed E-state index contributed by atoms with van der Waals surface area (Å²) in [6.07, 6.45) is 1.88. The maximum absolute atomic E-state index is 12.6. The number of aryl methyl sites for hydroxylation is 3. The normalized spacial score (nSPS) is 13.3. The molecule has 0 saturated carbocycles. The quantitative estimate of drug-likeness (QED) is 0.115. The van der Waals surface area contributed by atoms with Gasteiger partial charge in [0.2, 0.25) is 0 Å². The molecule has 0 aliphatic carbocycles. The molecule has 3 nitrogen and oxygen atoms in total. The van der Waals surface area contributed by atoms with Crippen LogP contribution in [0.4, 0.5) is 0 Å². The fourth-order valence-corrected chi connectivity index (χ4v) is 9.88. The van der Waals surface area contributed by atoms with Crippen LogP contribution in [0.2, 0.25) is 0 Å². The van der Waals surface area contributed by atoms with Crippen molar-refractivity contribution >= 4 is 13.2 Å². The zero-order valence-electron chi connectivity index (χ0n) is 38.8. The van der Waals surface area contributed by atoms with Crippen LogP contribution in [0.25, 0.3) is 44.5 Å². The van der Waals surface area contributed by atoms with Crippen LogP contribution in [0, 0.1) is 20.8 Å². The Hall–Kier alpha value is -3.91. The first kappa shape index (κ1) is 45.2. The highest BCUT2D eigenvalue weighted by Crippen LogP contribution is 2.49. The smallest absolute Gasteiger partial charge is 0.131 e. The van der Waals surface area contributed by atoms with Crippen molar-refractivity contribution in [3.8, 4) is 56.0 Å². The summed E-state index contributed by atoms with van der Waals surface area (Å²) in [7, 11) is 1.02. The van der Waals surface area contributed by atoms with Crippen LogP contribution < -0.4 is 5.30 Å². The summed E-state index contributed by atoms with van der Waals surface area (Å²) >= 11 is 0. The highest BCUT2D eigenvalue weighted by Gasteiger charge is 2.28. The van der Waals surface area contributed by atoms with E-state index in [1.54, 1.807) is 7.11 Å². The second-order valence-corrected chi connectivity index (χ2v) is 23.3. The van der Waals surface area contributed by atoms with E-state index >= 15 is 0 Å². The van der Waals surface area contributed by atoms with Gasteiger partial charge in [-0.05, 0) is 152 Å². The lowest BCUT2D eigenvalue weighted by molar-refractivity contribution is 0.200. The Morgan fingerprint density at radius 3 is 1.03 bits per heavy atom. The number of benzene rings is 5. The van der Waals surface area contributed by atoms with Crippen molar-refractivity contribution in [3.05, 3.63) is 112 Å². The highest BCUT2D eigenvalue weighted by molar-refractivity contribution is 7.65. The van der Waals surface area contributed by atoms with Crippen molar-refractivity contribution in [1.82, 2.24) is 0 Å². The Kier molecular flexibility index (Phi) is 12.9. The molecule has 0 radical (unpaired) electrons. The van der Waals surface area contributed by atoms with Crippen LogP contribution in [0.5, 0.6) is 11.5 Å². The van der Waals surface area contributed by atoms with Gasteiger partial charge in [0.15, 0.2) is 0 Å². The van der Waals surface area contributed by atoms with E-state index in [0.717, 1.165) is 73.8 Å². The molecule has 310 valence electrons. The summed E-state index contributed by atoms with van der Waals surface area (Å²) in [5.41, 5.74) is 15.5. The molecule has 2 N–H and O–H groups in total. The maximum Gasteiger partial charge on any atom is 0.131 e. The van der Waals surface area contributed by atoms with Crippen molar-refractivity contribution in [1.29, 1.82) is 0 Å². The molecule has 1 atom stereocenters. The van der Waals surface area contributed by atoms with E-state index in [4.69, 9.17) is 4.74 Å². The van der Waals surface area contributed by atoms with Crippen molar-refractivity contribution in [2.75, 3.05) is 26.5 Å². The number of aromatic hydroxyl groups is 2. The lowest BCUT2D eigenvalue weighted by Gasteiger charge is -2.28. The molecule has 0 aromatic heterocycles. The lowest BCUT2D eigenvalue weighted by atomic mass is 9.78. The molecule has 0 bridgehead atoms. The third-order valence-electron chi connectivity index (χ3n) is 11.5. The van der Waals surface area contributed by atoms with Gasteiger partial charge in [-0.1, -0.05) is 140 Å². The van der Waals surface area contributed by atoms with E-state index in [2.05, 4.69) is 183 Å². The van der Waals surface area contributed by atoms with Crippen molar-refractivity contribution in [3.63, 3.8) is 0 Å². The van der Waals surface area contributed by atoms with Gasteiger partial charge in [0, 0.05) is 36.0 Å². The standard InChI is InChI=1S/C54H71O3P/c1-33-21-42(36-27-38(51(4,5)6)31-39(28-36)52(7,8)9)48(55)44(23-33)46-25-35(3)26-47(50(46)58(17)20-18-19-57-16)45-24-34(2)22-43(49(45)56)37-29-40(53(10,11)12)32-41(30-37)54(13,14)15/h21-32,55-56H,18-20H2,1-17H3. The van der Waals surface area contributed by atoms with Crippen LogP contribution in [-0.2, 0) is 26.4 Å². The summed E-state index contributed by atoms with van der Waals surface area (Å²) in [5.74, 6) is 0.579. The summed E-state index contributed by atoms with van der Waals surface area (Å²) in [6, 6.07) is 26.8. The van der Waals surface area contributed by atoms with Gasteiger partial charge in [0.1, 0.15) is 11.5 Å². The molecule has 5 aromatic rings. The van der Waals surface area contributed by atoms with E-state index in [1.165, 1.54) is 27.6 Å². The second kappa shape index (κ2) is 16.6. The minimum absolute atomic E-state index is 0.0613. The third kappa shape index (κ3) is 9.92. The zero-order valence-corrected chi connectivity index (χ0v) is 39.7. The van der Waals surface area contributed by atoms with E-state index in [1.807, 2.05) is 0 Å². The van der Waals surface area contributed by atoms with Gasteiger partial charge in [-0.3, -0.25) is 0 Å². The number of ether oxygens (including phenoxy) is 1. The van der Waals surface area contributed by atoms with Crippen molar-refractivity contribution < 1.29 is 14.9 Å². The lowest BCUT2D eigenvalue weighted by Crippen LogP contribution is -2.16. The molecule has 0 fully saturated rings. The van der Waals surface area contributed by atoms with Gasteiger partial charge in [-0.15, -0.1) is 0 Å². The molecule has 5 rings (SSSR count). The molecule has 0 spiro atoms. The summed E-state index contributed by atoms with van der Waals surface area (Å²) in [6.45, 7) is 36.5. The molecule has 0 aliphatic heterocycles. The predicted molar refractivity (Wildman–Crippen MR) is 254 cm³/mol. The van der Waals surface area contributed by atoms with E-state index < -0.39 is 7.92 Å². The monoisotopic (exact) mass is 799 g/mol. The topological polar surface area (TPSA) is 49.7 Å². The first-order chi connectivity index (χ1) is 26.7. The predicted octanol–water partition coefficient (Wildman–Crippen LogP) is 14.7. The molecule has 4 heteroatoms. The summed E-state index contributed by atoms with van der Waals surface area (Å²) in [4.78, 5) is 0. The van der Waals surface area contributed by atoms with E-state index in [-0.39, 0.29) is 33.2 Å².